The van der Waals surface area contributed by atoms with Crippen LogP contribution in [0, 0.1) is 11.7 Å². The lowest BCUT2D eigenvalue weighted by Crippen LogP contribution is -2.41. The maximum atomic E-state index is 13.8. The topological polar surface area (TPSA) is 59.8 Å². The molecule has 1 amide bonds. The van der Waals surface area contributed by atoms with E-state index in [1.807, 2.05) is 19.9 Å². The highest BCUT2D eigenvalue weighted by Crippen LogP contribution is 2.36. The fourth-order valence-electron chi connectivity index (χ4n) is 4.57. The van der Waals surface area contributed by atoms with Gasteiger partial charge >= 0.3 is 0 Å². The van der Waals surface area contributed by atoms with Crippen molar-refractivity contribution in [2.45, 2.75) is 45.7 Å². The minimum absolute atomic E-state index is 0.0327. The van der Waals surface area contributed by atoms with E-state index < -0.39 is 0 Å². The van der Waals surface area contributed by atoms with E-state index in [0.717, 1.165) is 40.9 Å². The summed E-state index contributed by atoms with van der Waals surface area (Å²) >= 11 is 1.52. The predicted octanol–water partition coefficient (Wildman–Crippen LogP) is 4.98. The SMILES string of the molecule is CC(C)C(=O)NC1CCc2c(c3cc(-c4nncs4)ccc3n2Cc2cccc(F)c2)C1. The quantitative estimate of drug-likeness (QED) is 0.469. The van der Waals surface area contributed by atoms with E-state index in [4.69, 9.17) is 0 Å². The molecule has 4 aromatic rings. The van der Waals surface area contributed by atoms with E-state index in [-0.39, 0.29) is 23.7 Å². The number of carbonyl (C=O) groups excluding carboxylic acids is 1. The summed E-state index contributed by atoms with van der Waals surface area (Å²) in [6, 6.07) is 13.3. The number of nitrogens with one attached hydrogen (secondary N) is 1. The Morgan fingerprint density at radius 1 is 1.28 bits per heavy atom. The lowest BCUT2D eigenvalue weighted by atomic mass is 9.90. The fourth-order valence-corrected chi connectivity index (χ4v) is 5.12. The number of aromatic nitrogens is 3. The Kier molecular flexibility index (Phi) is 5.51. The van der Waals surface area contributed by atoms with Gasteiger partial charge in [-0.2, -0.15) is 0 Å². The van der Waals surface area contributed by atoms with Crippen LogP contribution in [-0.2, 0) is 24.2 Å². The molecule has 164 valence electrons. The minimum Gasteiger partial charge on any atom is -0.353 e. The van der Waals surface area contributed by atoms with Crippen molar-refractivity contribution in [2.75, 3.05) is 0 Å². The molecular weight excluding hydrogens is 423 g/mol. The minimum atomic E-state index is -0.220. The largest absolute Gasteiger partial charge is 0.353 e. The van der Waals surface area contributed by atoms with Gasteiger partial charge in [-0.3, -0.25) is 4.79 Å². The molecule has 7 heteroatoms. The van der Waals surface area contributed by atoms with Crippen LogP contribution in [0.3, 0.4) is 0 Å². The first-order chi connectivity index (χ1) is 15.5. The molecule has 1 unspecified atom stereocenters. The van der Waals surface area contributed by atoms with Crippen molar-refractivity contribution in [3.05, 3.63) is 70.6 Å². The summed E-state index contributed by atoms with van der Waals surface area (Å²) in [6.45, 7) is 4.45. The Hall–Kier alpha value is -3.06. The standard InChI is InChI=1S/C25H25FN4OS/c1-15(2)24(31)28-19-7-9-23-21(12-19)20-11-17(25-29-27-14-32-25)6-8-22(20)30(23)13-16-4-3-5-18(26)10-16/h3-6,8,10-11,14-15,19H,7,9,12-13H2,1-2H3,(H,28,31). The summed E-state index contributed by atoms with van der Waals surface area (Å²) in [5.74, 6) is -0.158. The zero-order valence-electron chi connectivity index (χ0n) is 18.1. The first-order valence-electron chi connectivity index (χ1n) is 10.9. The summed E-state index contributed by atoms with van der Waals surface area (Å²) in [7, 11) is 0. The molecule has 5 nitrogen and oxygen atoms in total. The van der Waals surface area contributed by atoms with Crippen molar-refractivity contribution in [2.24, 2.45) is 5.92 Å². The summed E-state index contributed by atoms with van der Waals surface area (Å²) in [6.07, 6.45) is 2.56. The highest BCUT2D eigenvalue weighted by Gasteiger charge is 2.27. The first-order valence-corrected chi connectivity index (χ1v) is 11.8. The molecule has 2 heterocycles. The molecule has 0 radical (unpaired) electrons. The molecular formula is C25H25FN4OS. The highest BCUT2D eigenvalue weighted by atomic mass is 32.1. The molecule has 1 N–H and O–H groups in total. The number of amides is 1. The highest BCUT2D eigenvalue weighted by molar-refractivity contribution is 7.12. The van der Waals surface area contributed by atoms with Crippen molar-refractivity contribution in [1.82, 2.24) is 20.1 Å². The van der Waals surface area contributed by atoms with Gasteiger partial charge < -0.3 is 9.88 Å². The average molecular weight is 449 g/mol. The third kappa shape index (κ3) is 3.93. The molecule has 5 rings (SSSR count). The van der Waals surface area contributed by atoms with Crippen LogP contribution in [0.2, 0.25) is 0 Å². The van der Waals surface area contributed by atoms with E-state index in [0.29, 0.717) is 6.54 Å². The van der Waals surface area contributed by atoms with Crippen LogP contribution in [0.4, 0.5) is 4.39 Å². The Morgan fingerprint density at radius 2 is 2.16 bits per heavy atom. The number of benzene rings is 2. The first kappa shape index (κ1) is 20.8. The molecule has 0 saturated carbocycles. The Morgan fingerprint density at radius 3 is 2.91 bits per heavy atom. The van der Waals surface area contributed by atoms with Gasteiger partial charge in [-0.1, -0.05) is 37.3 Å². The Bertz CT molecular complexity index is 1280. The summed E-state index contributed by atoms with van der Waals surface area (Å²) < 4.78 is 16.1. The van der Waals surface area contributed by atoms with E-state index in [1.54, 1.807) is 17.6 Å². The van der Waals surface area contributed by atoms with Gasteiger partial charge in [0.25, 0.3) is 0 Å². The van der Waals surface area contributed by atoms with Crippen molar-refractivity contribution in [1.29, 1.82) is 0 Å². The molecule has 0 bridgehead atoms. The monoisotopic (exact) mass is 448 g/mol. The maximum Gasteiger partial charge on any atom is 0.222 e. The van der Waals surface area contributed by atoms with Crippen LogP contribution >= 0.6 is 11.3 Å². The van der Waals surface area contributed by atoms with Gasteiger partial charge in [0.1, 0.15) is 16.3 Å². The van der Waals surface area contributed by atoms with Gasteiger partial charge in [-0.15, -0.1) is 10.2 Å². The lowest BCUT2D eigenvalue weighted by molar-refractivity contribution is -0.124. The summed E-state index contributed by atoms with van der Waals surface area (Å²) in [5, 5.41) is 13.5. The number of fused-ring (bicyclic) bond motifs is 3. The van der Waals surface area contributed by atoms with Crippen LogP contribution in [0.5, 0.6) is 0 Å². The smallest absolute Gasteiger partial charge is 0.222 e. The van der Waals surface area contributed by atoms with Crippen molar-refractivity contribution in [3.8, 4) is 10.6 Å². The van der Waals surface area contributed by atoms with Gasteiger partial charge in [0.15, 0.2) is 0 Å². The number of halogens is 1. The molecule has 32 heavy (non-hydrogen) atoms. The molecule has 0 aliphatic heterocycles. The predicted molar refractivity (Wildman–Crippen MR) is 125 cm³/mol. The summed E-state index contributed by atoms with van der Waals surface area (Å²) in [4.78, 5) is 12.3. The number of carbonyl (C=O) groups is 1. The van der Waals surface area contributed by atoms with Crippen LogP contribution in [0.25, 0.3) is 21.5 Å². The molecule has 1 aliphatic carbocycles. The van der Waals surface area contributed by atoms with E-state index in [2.05, 4.69) is 38.3 Å². The van der Waals surface area contributed by atoms with Crippen molar-refractivity contribution >= 4 is 28.1 Å². The zero-order valence-corrected chi connectivity index (χ0v) is 19.0. The third-order valence-corrected chi connectivity index (χ3v) is 6.91. The third-order valence-electron chi connectivity index (χ3n) is 6.17. The van der Waals surface area contributed by atoms with Crippen LogP contribution in [0.1, 0.15) is 37.1 Å². The van der Waals surface area contributed by atoms with Crippen LogP contribution in [-0.4, -0.2) is 26.7 Å². The van der Waals surface area contributed by atoms with Gasteiger partial charge in [-0.05, 0) is 60.7 Å². The number of hydrogen-bond acceptors (Lipinski definition) is 4. The van der Waals surface area contributed by atoms with Gasteiger partial charge in [-0.25, -0.2) is 4.39 Å². The van der Waals surface area contributed by atoms with Crippen LogP contribution < -0.4 is 5.32 Å². The van der Waals surface area contributed by atoms with Crippen molar-refractivity contribution in [3.63, 3.8) is 0 Å². The zero-order chi connectivity index (χ0) is 22.2. The Balaban J connectivity index is 1.59. The maximum absolute atomic E-state index is 13.8. The molecule has 1 atom stereocenters. The van der Waals surface area contributed by atoms with Gasteiger partial charge in [0.05, 0.1) is 0 Å². The molecule has 0 saturated heterocycles. The molecule has 2 aromatic carbocycles. The van der Waals surface area contributed by atoms with Gasteiger partial charge in [0, 0.05) is 40.7 Å². The second kappa shape index (κ2) is 8.47. The molecule has 2 aromatic heterocycles. The number of hydrogen-bond donors (Lipinski definition) is 1. The van der Waals surface area contributed by atoms with E-state index >= 15 is 0 Å². The van der Waals surface area contributed by atoms with Crippen LogP contribution in [0.15, 0.2) is 48.0 Å². The summed E-state index contributed by atoms with van der Waals surface area (Å²) in [5.41, 5.74) is 7.38. The number of rotatable bonds is 5. The second-order valence-corrected chi connectivity index (χ2v) is 9.55. The van der Waals surface area contributed by atoms with E-state index in [9.17, 15) is 9.18 Å². The number of nitrogens with zero attached hydrogens (tertiary/aromatic N) is 3. The Labute approximate surface area is 190 Å². The van der Waals surface area contributed by atoms with E-state index in [1.165, 1.54) is 34.0 Å². The fraction of sp³-hybridized carbons (Fsp3) is 0.320. The average Bonchev–Trinajstić information content (AvgIpc) is 3.41. The lowest BCUT2D eigenvalue weighted by Gasteiger charge is -2.26. The van der Waals surface area contributed by atoms with Crippen molar-refractivity contribution < 1.29 is 9.18 Å². The molecule has 1 aliphatic rings. The normalized spacial score (nSPS) is 15.8. The van der Waals surface area contributed by atoms with Gasteiger partial charge in [0.2, 0.25) is 5.91 Å². The molecule has 0 fully saturated rings. The second-order valence-electron chi connectivity index (χ2n) is 8.72. The molecule has 0 spiro atoms.